The molecule has 0 bridgehead atoms. The van der Waals surface area contributed by atoms with E-state index in [1.54, 1.807) is 0 Å². The molecule has 0 amide bonds. The zero-order valence-corrected chi connectivity index (χ0v) is 11.4. The Morgan fingerprint density at radius 1 is 1.33 bits per heavy atom. The van der Waals surface area contributed by atoms with E-state index in [0.29, 0.717) is 6.42 Å². The molecule has 1 rings (SSSR count). The minimum absolute atomic E-state index is 0.0712. The fourth-order valence-corrected chi connectivity index (χ4v) is 2.90. The summed E-state index contributed by atoms with van der Waals surface area (Å²) < 4.78 is 22.4. The molecule has 0 spiro atoms. The first kappa shape index (κ1) is 14.7. The summed E-state index contributed by atoms with van der Waals surface area (Å²) >= 11 is 0. The van der Waals surface area contributed by atoms with E-state index in [9.17, 15) is 8.42 Å². The van der Waals surface area contributed by atoms with Crippen LogP contribution in [0.4, 0.5) is 0 Å². The summed E-state index contributed by atoms with van der Waals surface area (Å²) in [7, 11) is -3.01. The molecule has 98 valence electrons. The first-order chi connectivity index (χ1) is 8.42. The number of nitriles is 1. The smallest absolute Gasteiger partial charge is 0.148 e. The van der Waals surface area contributed by atoms with Crippen LogP contribution in [0.25, 0.3) is 0 Å². The van der Waals surface area contributed by atoms with Crippen molar-refractivity contribution >= 4 is 9.84 Å². The Morgan fingerprint density at radius 3 is 2.44 bits per heavy atom. The second-order valence-corrected chi connectivity index (χ2v) is 6.67. The Morgan fingerprint density at radius 2 is 1.94 bits per heavy atom. The molecule has 1 aromatic carbocycles. The number of nitrogens with zero attached hydrogens (tertiary/aromatic N) is 1. The van der Waals surface area contributed by atoms with Crippen LogP contribution in [0.5, 0.6) is 0 Å². The van der Waals surface area contributed by atoms with Crippen molar-refractivity contribution in [3.8, 4) is 6.07 Å². The summed E-state index contributed by atoms with van der Waals surface area (Å²) in [5.41, 5.74) is 0.999. The van der Waals surface area contributed by atoms with E-state index in [4.69, 9.17) is 5.26 Å². The maximum Gasteiger partial charge on any atom is 0.148 e. The Kier molecular flexibility index (Phi) is 5.32. The molecule has 0 saturated heterocycles. The van der Waals surface area contributed by atoms with E-state index >= 15 is 0 Å². The third kappa shape index (κ3) is 5.30. The van der Waals surface area contributed by atoms with Gasteiger partial charge in [-0.2, -0.15) is 5.26 Å². The van der Waals surface area contributed by atoms with E-state index in [1.807, 2.05) is 37.3 Å². The number of hydrogen-bond donors (Lipinski definition) is 1. The molecule has 0 aliphatic heterocycles. The lowest BCUT2D eigenvalue weighted by Crippen LogP contribution is -2.35. The Balaban J connectivity index is 2.73. The number of benzene rings is 1. The third-order valence-corrected chi connectivity index (χ3v) is 3.64. The largest absolute Gasteiger partial charge is 0.306 e. The normalized spacial score (nSPS) is 14.7. The van der Waals surface area contributed by atoms with Gasteiger partial charge < -0.3 is 5.32 Å². The number of hydrogen-bond acceptors (Lipinski definition) is 4. The highest BCUT2D eigenvalue weighted by molar-refractivity contribution is 7.90. The van der Waals surface area contributed by atoms with Crippen LogP contribution in [0.15, 0.2) is 30.3 Å². The summed E-state index contributed by atoms with van der Waals surface area (Å²) in [4.78, 5) is 0. The second-order valence-electron chi connectivity index (χ2n) is 4.49. The van der Waals surface area contributed by atoms with Crippen LogP contribution in [0, 0.1) is 11.3 Å². The molecule has 2 unspecified atom stereocenters. The molecule has 4 nitrogen and oxygen atoms in total. The lowest BCUT2D eigenvalue weighted by Gasteiger charge is -2.21. The van der Waals surface area contributed by atoms with Crippen LogP contribution in [0.1, 0.15) is 24.9 Å². The Hall–Kier alpha value is -1.38. The van der Waals surface area contributed by atoms with Crippen LogP contribution in [-0.2, 0) is 9.84 Å². The van der Waals surface area contributed by atoms with Crippen LogP contribution < -0.4 is 5.32 Å². The summed E-state index contributed by atoms with van der Waals surface area (Å²) in [6, 6.07) is 11.4. The van der Waals surface area contributed by atoms with Crippen molar-refractivity contribution in [2.24, 2.45) is 0 Å². The molecule has 0 aliphatic carbocycles. The van der Waals surface area contributed by atoms with Gasteiger partial charge in [0.1, 0.15) is 9.84 Å². The molecule has 18 heavy (non-hydrogen) atoms. The summed E-state index contributed by atoms with van der Waals surface area (Å²) in [5.74, 6) is 0.0712. The molecule has 0 radical (unpaired) electrons. The second kappa shape index (κ2) is 6.53. The molecule has 1 N–H and O–H groups in total. The van der Waals surface area contributed by atoms with Crippen molar-refractivity contribution in [3.05, 3.63) is 35.9 Å². The lowest BCUT2D eigenvalue weighted by molar-refractivity contribution is 0.480. The zero-order chi connectivity index (χ0) is 13.6. The molecule has 0 fully saturated rings. The maximum absolute atomic E-state index is 11.2. The molecule has 2 atom stereocenters. The van der Waals surface area contributed by atoms with Crippen molar-refractivity contribution in [2.45, 2.75) is 25.4 Å². The van der Waals surface area contributed by atoms with E-state index < -0.39 is 9.84 Å². The first-order valence-corrected chi connectivity index (χ1v) is 7.84. The predicted octanol–water partition coefficient (Wildman–Crippen LogP) is 1.66. The number of nitrogens with one attached hydrogen (secondary N) is 1. The summed E-state index contributed by atoms with van der Waals surface area (Å²) in [5, 5.41) is 12.0. The van der Waals surface area contributed by atoms with Crippen molar-refractivity contribution in [2.75, 3.05) is 12.0 Å². The number of sulfone groups is 1. The minimum Gasteiger partial charge on any atom is -0.306 e. The van der Waals surface area contributed by atoms with Gasteiger partial charge in [0.05, 0.1) is 18.2 Å². The quantitative estimate of drug-likeness (QED) is 0.850. The predicted molar refractivity (Wildman–Crippen MR) is 71.7 cm³/mol. The Labute approximate surface area is 109 Å². The molecular formula is C13H18N2O2S. The van der Waals surface area contributed by atoms with Gasteiger partial charge in [0.25, 0.3) is 0 Å². The topological polar surface area (TPSA) is 70.0 Å². The van der Waals surface area contributed by atoms with Crippen LogP contribution in [-0.4, -0.2) is 26.5 Å². The molecule has 1 aromatic rings. The van der Waals surface area contributed by atoms with E-state index in [0.717, 1.165) is 5.56 Å². The van der Waals surface area contributed by atoms with Crippen LogP contribution >= 0.6 is 0 Å². The summed E-state index contributed by atoms with van der Waals surface area (Å²) in [6.07, 6.45) is 1.53. The van der Waals surface area contributed by atoms with Crippen molar-refractivity contribution in [1.29, 1.82) is 5.26 Å². The highest BCUT2D eigenvalue weighted by atomic mass is 32.2. The molecule has 0 saturated carbocycles. The molecule has 5 heteroatoms. The monoisotopic (exact) mass is 266 g/mol. The van der Waals surface area contributed by atoms with Gasteiger partial charge in [-0.1, -0.05) is 30.3 Å². The maximum atomic E-state index is 11.2. The van der Waals surface area contributed by atoms with Gasteiger partial charge in [-0.25, -0.2) is 8.42 Å². The van der Waals surface area contributed by atoms with Gasteiger partial charge >= 0.3 is 0 Å². The standard InChI is InChI=1S/C13H18N2O2S/c1-11(10-18(2,16)17)15-13(8-9-14)12-6-4-3-5-7-12/h3-7,11,13,15H,8,10H2,1-2H3. The van der Waals surface area contributed by atoms with Crippen LogP contribution in [0.3, 0.4) is 0 Å². The molecule has 0 heterocycles. The van der Waals surface area contributed by atoms with Crippen LogP contribution in [0.2, 0.25) is 0 Å². The first-order valence-electron chi connectivity index (χ1n) is 5.78. The van der Waals surface area contributed by atoms with Gasteiger partial charge in [0.15, 0.2) is 0 Å². The Bertz CT molecular complexity index is 506. The number of rotatable bonds is 6. The zero-order valence-electron chi connectivity index (χ0n) is 10.6. The molecule has 0 aliphatic rings. The summed E-state index contributed by atoms with van der Waals surface area (Å²) in [6.45, 7) is 1.81. The average Bonchev–Trinajstić information content (AvgIpc) is 2.27. The average molecular weight is 266 g/mol. The van der Waals surface area contributed by atoms with Gasteiger partial charge in [0.2, 0.25) is 0 Å². The van der Waals surface area contributed by atoms with Crippen molar-refractivity contribution < 1.29 is 8.42 Å². The lowest BCUT2D eigenvalue weighted by atomic mass is 10.0. The third-order valence-electron chi connectivity index (χ3n) is 2.54. The van der Waals surface area contributed by atoms with Gasteiger partial charge in [-0.3, -0.25) is 0 Å². The molecule has 0 aromatic heterocycles. The fourth-order valence-electron chi connectivity index (χ4n) is 1.90. The fraction of sp³-hybridized carbons (Fsp3) is 0.462. The van der Waals surface area contributed by atoms with Gasteiger partial charge in [-0.05, 0) is 12.5 Å². The SMILES string of the molecule is CC(CS(C)(=O)=O)NC(CC#N)c1ccccc1. The van der Waals surface area contributed by atoms with Gasteiger partial charge in [-0.15, -0.1) is 0 Å². The van der Waals surface area contributed by atoms with E-state index in [1.165, 1.54) is 6.26 Å². The van der Waals surface area contributed by atoms with Crippen molar-refractivity contribution in [3.63, 3.8) is 0 Å². The van der Waals surface area contributed by atoms with Gasteiger partial charge in [0, 0.05) is 18.3 Å². The molecular weight excluding hydrogens is 248 g/mol. The van der Waals surface area contributed by atoms with E-state index in [2.05, 4.69) is 11.4 Å². The van der Waals surface area contributed by atoms with E-state index in [-0.39, 0.29) is 17.8 Å². The minimum atomic E-state index is -3.01. The highest BCUT2D eigenvalue weighted by Crippen LogP contribution is 2.16. The van der Waals surface area contributed by atoms with Crippen molar-refractivity contribution in [1.82, 2.24) is 5.32 Å². The highest BCUT2D eigenvalue weighted by Gasteiger charge is 2.16.